The van der Waals surface area contributed by atoms with Gasteiger partial charge in [0.25, 0.3) is 0 Å². The number of aryl methyl sites for hydroxylation is 1. The first-order valence-corrected chi connectivity index (χ1v) is 6.47. The molecule has 0 radical (unpaired) electrons. The molecule has 1 N–H and O–H groups in total. The summed E-state index contributed by atoms with van der Waals surface area (Å²) in [4.78, 5) is 6.48. The molecule has 0 spiro atoms. The SMILES string of the molecule is Cc1cccc(CN(C)c2ccc([C@H](C)O)cn2)c1. The molecule has 0 saturated carbocycles. The van der Waals surface area contributed by atoms with E-state index in [1.165, 1.54) is 11.1 Å². The topological polar surface area (TPSA) is 36.4 Å². The van der Waals surface area contributed by atoms with Crippen molar-refractivity contribution in [3.63, 3.8) is 0 Å². The Balaban J connectivity index is 2.09. The molecule has 1 heterocycles. The number of pyridine rings is 1. The number of aliphatic hydroxyl groups excluding tert-OH is 1. The summed E-state index contributed by atoms with van der Waals surface area (Å²) in [5.74, 6) is 0.908. The standard InChI is InChI=1S/C16H20N2O/c1-12-5-4-6-14(9-12)11-18(3)16-8-7-15(10-17-16)13(2)19/h4-10,13,19H,11H2,1-3H3/t13-/m0/s1. The molecule has 0 amide bonds. The summed E-state index contributed by atoms with van der Waals surface area (Å²) in [5, 5.41) is 9.47. The predicted molar refractivity (Wildman–Crippen MR) is 78.2 cm³/mol. The molecular formula is C16H20N2O. The number of hydrogen-bond donors (Lipinski definition) is 1. The van der Waals surface area contributed by atoms with Gasteiger partial charge in [0.1, 0.15) is 5.82 Å². The van der Waals surface area contributed by atoms with Crippen LogP contribution in [0.15, 0.2) is 42.6 Å². The Morgan fingerprint density at radius 3 is 2.63 bits per heavy atom. The molecule has 1 atom stereocenters. The van der Waals surface area contributed by atoms with E-state index in [0.29, 0.717) is 0 Å². The highest BCUT2D eigenvalue weighted by Gasteiger charge is 2.06. The molecule has 2 aromatic rings. The summed E-state index contributed by atoms with van der Waals surface area (Å²) in [6.45, 7) is 4.66. The Morgan fingerprint density at radius 1 is 1.26 bits per heavy atom. The van der Waals surface area contributed by atoms with E-state index >= 15 is 0 Å². The lowest BCUT2D eigenvalue weighted by atomic mass is 10.1. The van der Waals surface area contributed by atoms with Crippen LogP contribution < -0.4 is 4.90 Å². The average molecular weight is 256 g/mol. The quantitative estimate of drug-likeness (QED) is 0.913. The normalized spacial score (nSPS) is 12.2. The van der Waals surface area contributed by atoms with Crippen LogP contribution in [0.25, 0.3) is 0 Å². The lowest BCUT2D eigenvalue weighted by Crippen LogP contribution is -2.17. The first-order chi connectivity index (χ1) is 9.06. The maximum Gasteiger partial charge on any atom is 0.128 e. The highest BCUT2D eigenvalue weighted by atomic mass is 16.3. The van der Waals surface area contributed by atoms with E-state index in [9.17, 15) is 5.11 Å². The van der Waals surface area contributed by atoms with Gasteiger partial charge in [-0.3, -0.25) is 0 Å². The number of aromatic nitrogens is 1. The second-order valence-electron chi connectivity index (χ2n) is 4.97. The molecule has 3 heteroatoms. The van der Waals surface area contributed by atoms with Crippen LogP contribution in [0, 0.1) is 6.92 Å². The Kier molecular flexibility index (Phi) is 4.17. The minimum absolute atomic E-state index is 0.469. The van der Waals surface area contributed by atoms with Crippen molar-refractivity contribution in [2.75, 3.05) is 11.9 Å². The molecule has 0 fully saturated rings. The molecule has 0 aliphatic carbocycles. The third-order valence-electron chi connectivity index (χ3n) is 3.15. The van der Waals surface area contributed by atoms with E-state index in [1.54, 1.807) is 13.1 Å². The van der Waals surface area contributed by atoms with Gasteiger partial charge in [0, 0.05) is 19.8 Å². The molecule has 0 aliphatic rings. The van der Waals surface area contributed by atoms with Gasteiger partial charge in [-0.1, -0.05) is 35.9 Å². The Labute approximate surface area is 114 Å². The maximum absolute atomic E-state index is 9.47. The van der Waals surface area contributed by atoms with Crippen LogP contribution in [0.1, 0.15) is 29.7 Å². The lowest BCUT2D eigenvalue weighted by Gasteiger charge is -2.19. The van der Waals surface area contributed by atoms with Crippen molar-refractivity contribution in [2.24, 2.45) is 0 Å². The highest BCUT2D eigenvalue weighted by molar-refractivity contribution is 5.40. The smallest absolute Gasteiger partial charge is 0.128 e. The fourth-order valence-electron chi connectivity index (χ4n) is 2.04. The monoisotopic (exact) mass is 256 g/mol. The number of rotatable bonds is 4. The summed E-state index contributed by atoms with van der Waals surface area (Å²) < 4.78 is 0. The van der Waals surface area contributed by atoms with Crippen LogP contribution in [-0.2, 0) is 6.54 Å². The van der Waals surface area contributed by atoms with Gasteiger partial charge in [0.15, 0.2) is 0 Å². The van der Waals surface area contributed by atoms with Gasteiger partial charge in [-0.05, 0) is 31.0 Å². The number of anilines is 1. The van der Waals surface area contributed by atoms with Gasteiger partial charge in [0.05, 0.1) is 6.10 Å². The highest BCUT2D eigenvalue weighted by Crippen LogP contribution is 2.17. The zero-order valence-corrected chi connectivity index (χ0v) is 11.7. The van der Waals surface area contributed by atoms with Crippen molar-refractivity contribution in [3.05, 3.63) is 59.3 Å². The van der Waals surface area contributed by atoms with Gasteiger partial charge in [0.2, 0.25) is 0 Å². The largest absolute Gasteiger partial charge is 0.389 e. The molecule has 100 valence electrons. The minimum Gasteiger partial charge on any atom is -0.389 e. The summed E-state index contributed by atoms with van der Waals surface area (Å²) in [6, 6.07) is 12.3. The number of hydrogen-bond acceptors (Lipinski definition) is 3. The Bertz CT molecular complexity index is 535. The first-order valence-electron chi connectivity index (χ1n) is 6.47. The molecule has 2 rings (SSSR count). The van der Waals surface area contributed by atoms with Gasteiger partial charge >= 0.3 is 0 Å². The van der Waals surface area contributed by atoms with Crippen LogP contribution in [0.5, 0.6) is 0 Å². The molecule has 1 aromatic heterocycles. The van der Waals surface area contributed by atoms with Crippen molar-refractivity contribution >= 4 is 5.82 Å². The second-order valence-corrected chi connectivity index (χ2v) is 4.97. The first kappa shape index (κ1) is 13.6. The number of aliphatic hydroxyl groups is 1. The zero-order chi connectivity index (χ0) is 13.8. The molecular weight excluding hydrogens is 236 g/mol. The molecule has 19 heavy (non-hydrogen) atoms. The van der Waals surface area contributed by atoms with E-state index in [2.05, 4.69) is 41.1 Å². The van der Waals surface area contributed by atoms with Gasteiger partial charge in [-0.25, -0.2) is 4.98 Å². The van der Waals surface area contributed by atoms with Gasteiger partial charge in [-0.15, -0.1) is 0 Å². The molecule has 0 bridgehead atoms. The van der Waals surface area contributed by atoms with Crippen molar-refractivity contribution in [2.45, 2.75) is 26.5 Å². The number of benzene rings is 1. The van der Waals surface area contributed by atoms with Crippen LogP contribution >= 0.6 is 0 Å². The van der Waals surface area contributed by atoms with Crippen molar-refractivity contribution < 1.29 is 5.11 Å². The third-order valence-corrected chi connectivity index (χ3v) is 3.15. The molecule has 0 saturated heterocycles. The van der Waals surface area contributed by atoms with E-state index in [1.807, 2.05) is 19.2 Å². The van der Waals surface area contributed by atoms with Crippen molar-refractivity contribution in [3.8, 4) is 0 Å². The molecule has 3 nitrogen and oxygen atoms in total. The van der Waals surface area contributed by atoms with Crippen molar-refractivity contribution in [1.82, 2.24) is 4.98 Å². The molecule has 0 aliphatic heterocycles. The Morgan fingerprint density at radius 2 is 2.05 bits per heavy atom. The summed E-state index contributed by atoms with van der Waals surface area (Å²) >= 11 is 0. The van der Waals surface area contributed by atoms with Gasteiger partial charge < -0.3 is 10.0 Å². The second kappa shape index (κ2) is 5.85. The minimum atomic E-state index is -0.469. The van der Waals surface area contributed by atoms with Gasteiger partial charge in [-0.2, -0.15) is 0 Å². The third kappa shape index (κ3) is 3.55. The van der Waals surface area contributed by atoms with Crippen LogP contribution in [0.3, 0.4) is 0 Å². The van der Waals surface area contributed by atoms with E-state index in [4.69, 9.17) is 0 Å². The van der Waals surface area contributed by atoms with E-state index in [0.717, 1.165) is 17.9 Å². The van der Waals surface area contributed by atoms with Crippen LogP contribution in [-0.4, -0.2) is 17.1 Å². The maximum atomic E-state index is 9.47. The van der Waals surface area contributed by atoms with E-state index < -0.39 is 6.10 Å². The summed E-state index contributed by atoms with van der Waals surface area (Å²) in [6.07, 6.45) is 1.26. The average Bonchev–Trinajstić information content (AvgIpc) is 2.39. The zero-order valence-electron chi connectivity index (χ0n) is 11.7. The predicted octanol–water partition coefficient (Wildman–Crippen LogP) is 3.08. The van der Waals surface area contributed by atoms with E-state index in [-0.39, 0.29) is 0 Å². The number of nitrogens with zero attached hydrogens (tertiary/aromatic N) is 2. The summed E-state index contributed by atoms with van der Waals surface area (Å²) in [7, 11) is 2.02. The molecule has 0 unspecified atom stereocenters. The fourth-order valence-corrected chi connectivity index (χ4v) is 2.04. The fraction of sp³-hybridized carbons (Fsp3) is 0.312. The van der Waals surface area contributed by atoms with Crippen LogP contribution in [0.4, 0.5) is 5.82 Å². The molecule has 1 aromatic carbocycles. The lowest BCUT2D eigenvalue weighted by molar-refractivity contribution is 0.199. The summed E-state index contributed by atoms with van der Waals surface area (Å²) in [5.41, 5.74) is 3.37. The van der Waals surface area contributed by atoms with Crippen molar-refractivity contribution in [1.29, 1.82) is 0 Å². The van der Waals surface area contributed by atoms with Crippen LogP contribution in [0.2, 0.25) is 0 Å². The Hall–Kier alpha value is -1.87.